The third-order valence-electron chi connectivity index (χ3n) is 2.92. The minimum Gasteiger partial charge on any atom is -0.428 e. The molecule has 0 aromatic carbocycles. The minimum atomic E-state index is -1.04. The molecule has 0 aliphatic heterocycles. The van der Waals surface area contributed by atoms with Crippen molar-refractivity contribution in [1.82, 2.24) is 0 Å². The van der Waals surface area contributed by atoms with Crippen LogP contribution in [-0.2, 0) is 23.9 Å². The maximum Gasteiger partial charge on any atom is 0.371 e. The number of ketones is 2. The van der Waals surface area contributed by atoms with Crippen LogP contribution in [-0.4, -0.2) is 40.1 Å². The molecule has 0 aliphatic carbocycles. The largest absolute Gasteiger partial charge is 0.428 e. The van der Waals surface area contributed by atoms with Gasteiger partial charge in [-0.25, -0.2) is 4.79 Å². The van der Waals surface area contributed by atoms with E-state index in [-0.39, 0.29) is 30.2 Å². The standard InChI is InChI=1S/C14H22O6S2/c1-5-12(17)19-8-20-13(18)22-14(3,4)11(16)6-10(7-21)9(2)15/h10,21H,5-8H2,1-4H3/t10-/m0/s1. The van der Waals surface area contributed by atoms with Gasteiger partial charge < -0.3 is 9.47 Å². The number of carbonyl (C=O) groups excluding carboxylic acids is 4. The molecule has 0 rings (SSSR count). The summed E-state index contributed by atoms with van der Waals surface area (Å²) in [5.41, 5.74) is 0. The van der Waals surface area contributed by atoms with E-state index < -0.39 is 28.7 Å². The maximum absolute atomic E-state index is 12.2. The minimum absolute atomic E-state index is 0.0247. The molecule has 0 saturated carbocycles. The zero-order valence-electron chi connectivity index (χ0n) is 13.2. The van der Waals surface area contributed by atoms with Crippen LogP contribution in [0.2, 0.25) is 0 Å². The van der Waals surface area contributed by atoms with Gasteiger partial charge in [-0.2, -0.15) is 12.6 Å². The molecule has 0 fully saturated rings. The summed E-state index contributed by atoms with van der Waals surface area (Å²) in [6.07, 6.45) is 0.210. The van der Waals surface area contributed by atoms with Crippen molar-refractivity contribution in [3.05, 3.63) is 0 Å². The fourth-order valence-corrected chi connectivity index (χ4v) is 2.45. The first-order chi connectivity index (χ1) is 10.1. The van der Waals surface area contributed by atoms with Crippen molar-refractivity contribution < 1.29 is 28.7 Å². The first-order valence-electron chi connectivity index (χ1n) is 6.80. The molecule has 0 N–H and O–H groups in total. The van der Waals surface area contributed by atoms with E-state index in [0.29, 0.717) is 11.8 Å². The molecule has 0 aliphatic rings. The van der Waals surface area contributed by atoms with Crippen molar-refractivity contribution >= 4 is 47.2 Å². The first-order valence-corrected chi connectivity index (χ1v) is 8.24. The number of hydrogen-bond donors (Lipinski definition) is 1. The van der Waals surface area contributed by atoms with Crippen LogP contribution in [0, 0.1) is 5.92 Å². The van der Waals surface area contributed by atoms with E-state index in [1.165, 1.54) is 6.92 Å². The first kappa shape index (κ1) is 21.0. The molecule has 0 amide bonds. The van der Waals surface area contributed by atoms with Crippen LogP contribution in [0.5, 0.6) is 0 Å². The number of thioether (sulfide) groups is 1. The Kier molecular flexibility index (Phi) is 9.43. The molecule has 0 unspecified atom stereocenters. The fourth-order valence-electron chi connectivity index (χ4n) is 1.35. The Hall–Kier alpha value is -1.02. The average molecular weight is 350 g/mol. The monoisotopic (exact) mass is 350 g/mol. The van der Waals surface area contributed by atoms with E-state index in [4.69, 9.17) is 4.74 Å². The van der Waals surface area contributed by atoms with Gasteiger partial charge in [0.25, 0.3) is 0 Å². The fraction of sp³-hybridized carbons (Fsp3) is 0.714. The summed E-state index contributed by atoms with van der Waals surface area (Å²) in [7, 11) is 0. The smallest absolute Gasteiger partial charge is 0.371 e. The number of carbonyl (C=O) groups is 4. The van der Waals surface area contributed by atoms with Crippen LogP contribution in [0.3, 0.4) is 0 Å². The van der Waals surface area contributed by atoms with E-state index in [2.05, 4.69) is 17.4 Å². The molecule has 0 aromatic rings. The normalized spacial score (nSPS) is 12.4. The van der Waals surface area contributed by atoms with Gasteiger partial charge in [-0.1, -0.05) is 6.92 Å². The third kappa shape index (κ3) is 7.84. The van der Waals surface area contributed by atoms with Crippen molar-refractivity contribution in [2.45, 2.75) is 45.3 Å². The number of rotatable bonds is 9. The summed E-state index contributed by atoms with van der Waals surface area (Å²) in [6.45, 7) is 5.71. The molecule has 0 radical (unpaired) electrons. The highest BCUT2D eigenvalue weighted by molar-refractivity contribution is 8.15. The topological polar surface area (TPSA) is 86.7 Å². The van der Waals surface area contributed by atoms with Crippen LogP contribution in [0.15, 0.2) is 0 Å². The lowest BCUT2D eigenvalue weighted by Gasteiger charge is -2.22. The summed E-state index contributed by atoms with van der Waals surface area (Å²) < 4.78 is 8.30. The van der Waals surface area contributed by atoms with Gasteiger partial charge in [0.05, 0.1) is 4.75 Å². The Morgan fingerprint density at radius 3 is 2.23 bits per heavy atom. The highest BCUT2D eigenvalue weighted by atomic mass is 32.2. The predicted molar refractivity (Wildman–Crippen MR) is 87.0 cm³/mol. The lowest BCUT2D eigenvalue weighted by atomic mass is 9.94. The SMILES string of the molecule is CCC(=O)OCOC(=O)SC(C)(C)C(=O)C[C@@H](CS)C(C)=O. The Balaban J connectivity index is 4.42. The molecule has 0 saturated heterocycles. The zero-order valence-corrected chi connectivity index (χ0v) is 14.9. The number of hydrogen-bond acceptors (Lipinski definition) is 8. The molecule has 22 heavy (non-hydrogen) atoms. The van der Waals surface area contributed by atoms with Gasteiger partial charge in [-0.3, -0.25) is 14.4 Å². The summed E-state index contributed by atoms with van der Waals surface area (Å²) >= 11 is 4.74. The van der Waals surface area contributed by atoms with Crippen LogP contribution in [0.1, 0.15) is 40.5 Å². The van der Waals surface area contributed by atoms with Gasteiger partial charge in [-0.05, 0) is 32.5 Å². The summed E-state index contributed by atoms with van der Waals surface area (Å²) in [4.78, 5) is 46.1. The highest BCUT2D eigenvalue weighted by Gasteiger charge is 2.34. The van der Waals surface area contributed by atoms with Gasteiger partial charge in [0.2, 0.25) is 6.79 Å². The molecule has 8 heteroatoms. The maximum atomic E-state index is 12.2. The Labute approximate surface area is 140 Å². The molecular formula is C14H22O6S2. The van der Waals surface area contributed by atoms with Crippen molar-refractivity contribution in [2.75, 3.05) is 12.5 Å². The second-order valence-electron chi connectivity index (χ2n) is 5.11. The van der Waals surface area contributed by atoms with Gasteiger partial charge in [-0.15, -0.1) is 0 Å². The lowest BCUT2D eigenvalue weighted by Crippen LogP contribution is -2.33. The second-order valence-corrected chi connectivity index (χ2v) is 7.04. The average Bonchev–Trinajstić information content (AvgIpc) is 2.42. The number of ether oxygens (including phenoxy) is 2. The van der Waals surface area contributed by atoms with E-state index in [9.17, 15) is 19.2 Å². The Morgan fingerprint density at radius 2 is 1.77 bits per heavy atom. The van der Waals surface area contributed by atoms with E-state index in [1.54, 1.807) is 20.8 Å². The second kappa shape index (κ2) is 9.89. The van der Waals surface area contributed by atoms with E-state index in [1.807, 2.05) is 0 Å². The van der Waals surface area contributed by atoms with Gasteiger partial charge in [0.1, 0.15) is 11.6 Å². The van der Waals surface area contributed by atoms with E-state index in [0.717, 1.165) is 0 Å². The summed E-state index contributed by atoms with van der Waals surface area (Å²) in [5.74, 6) is -1.02. The van der Waals surface area contributed by atoms with Crippen LogP contribution >= 0.6 is 24.4 Å². The number of Topliss-reactive ketones (excluding diaryl/α,β-unsaturated/α-hetero) is 2. The molecule has 126 valence electrons. The van der Waals surface area contributed by atoms with E-state index >= 15 is 0 Å². The van der Waals surface area contributed by atoms with Gasteiger partial charge in [0, 0.05) is 24.5 Å². The summed E-state index contributed by atoms with van der Waals surface area (Å²) in [5, 5.41) is -0.715. The van der Waals surface area contributed by atoms with Crippen LogP contribution < -0.4 is 0 Å². The predicted octanol–water partition coefficient (Wildman–Crippen LogP) is 2.64. The quantitative estimate of drug-likeness (QED) is 0.388. The Bertz CT molecular complexity index is 433. The summed E-state index contributed by atoms with van der Waals surface area (Å²) in [6, 6.07) is 0. The molecule has 0 heterocycles. The lowest BCUT2D eigenvalue weighted by molar-refractivity contribution is -0.150. The molecule has 0 bridgehead atoms. The van der Waals surface area contributed by atoms with Crippen LogP contribution in [0.4, 0.5) is 4.79 Å². The molecular weight excluding hydrogens is 328 g/mol. The van der Waals surface area contributed by atoms with Crippen molar-refractivity contribution in [2.24, 2.45) is 5.92 Å². The highest BCUT2D eigenvalue weighted by Crippen LogP contribution is 2.30. The van der Waals surface area contributed by atoms with Crippen molar-refractivity contribution in [3.63, 3.8) is 0 Å². The van der Waals surface area contributed by atoms with Gasteiger partial charge in [0.15, 0.2) is 0 Å². The Morgan fingerprint density at radius 1 is 1.18 bits per heavy atom. The molecule has 1 atom stereocenters. The number of esters is 1. The van der Waals surface area contributed by atoms with Crippen molar-refractivity contribution in [3.8, 4) is 0 Å². The van der Waals surface area contributed by atoms with Crippen molar-refractivity contribution in [1.29, 1.82) is 0 Å². The number of thiol groups is 1. The third-order valence-corrected chi connectivity index (χ3v) is 4.39. The molecule has 0 spiro atoms. The molecule has 0 aromatic heterocycles. The molecule has 6 nitrogen and oxygen atoms in total. The zero-order chi connectivity index (χ0) is 17.3. The van der Waals surface area contributed by atoms with Gasteiger partial charge >= 0.3 is 11.3 Å². The van der Waals surface area contributed by atoms with Crippen LogP contribution in [0.25, 0.3) is 0 Å².